The molecule has 1 heterocycles. The smallest absolute Gasteiger partial charge is 0.248 e. The first-order valence-electron chi connectivity index (χ1n) is 10.9. The molecule has 0 unspecified atom stereocenters. The van der Waals surface area contributed by atoms with Gasteiger partial charge in [0.25, 0.3) is 0 Å². The fourth-order valence-electron chi connectivity index (χ4n) is 5.17. The lowest BCUT2D eigenvalue weighted by Gasteiger charge is -2.48. The number of fused-ring (bicyclic) bond motifs is 1. The lowest BCUT2D eigenvalue weighted by molar-refractivity contribution is -0.149. The number of terminal acetylenes is 1. The van der Waals surface area contributed by atoms with Gasteiger partial charge in [-0.15, -0.1) is 6.42 Å². The third-order valence-corrected chi connectivity index (χ3v) is 6.89. The van der Waals surface area contributed by atoms with Crippen LogP contribution in [-0.4, -0.2) is 28.7 Å². The van der Waals surface area contributed by atoms with Crippen LogP contribution in [0.1, 0.15) is 48.9 Å². The Morgan fingerprint density at radius 1 is 1.21 bits per heavy atom. The first-order chi connectivity index (χ1) is 15.7. The average molecular weight is 464 g/mol. The number of nitrogens with two attached hydrogens (primary N) is 1. The predicted molar refractivity (Wildman–Crippen MR) is 126 cm³/mol. The highest BCUT2D eigenvalue weighted by atomic mass is 35.5. The maximum Gasteiger partial charge on any atom is 0.248 e. The number of nitrogens with one attached hydrogen (secondary N) is 1. The summed E-state index contributed by atoms with van der Waals surface area (Å²) in [5.74, 6) is 1.67. The molecule has 1 fully saturated rings. The zero-order valence-corrected chi connectivity index (χ0v) is 19.1. The summed E-state index contributed by atoms with van der Waals surface area (Å²) in [6, 6.07) is 13.2. The van der Waals surface area contributed by atoms with E-state index >= 15 is 0 Å². The number of nitrogens with zero attached hydrogens (tertiary/aromatic N) is 1. The molecule has 0 saturated heterocycles. The van der Waals surface area contributed by atoms with Gasteiger partial charge in [0.2, 0.25) is 17.7 Å². The molecular weight excluding hydrogens is 438 g/mol. The first-order valence-corrected chi connectivity index (χ1v) is 11.3. The molecule has 33 heavy (non-hydrogen) atoms. The van der Waals surface area contributed by atoms with E-state index in [-0.39, 0.29) is 12.3 Å². The molecule has 0 spiro atoms. The van der Waals surface area contributed by atoms with Gasteiger partial charge in [0.15, 0.2) is 0 Å². The molecule has 1 aliphatic heterocycles. The fraction of sp³-hybridized carbons (Fsp3) is 0.346. The van der Waals surface area contributed by atoms with Crippen molar-refractivity contribution < 1.29 is 14.4 Å². The van der Waals surface area contributed by atoms with Crippen LogP contribution in [0.3, 0.4) is 0 Å². The molecule has 6 nitrogen and oxygen atoms in total. The summed E-state index contributed by atoms with van der Waals surface area (Å²) in [5.41, 5.74) is 7.13. The van der Waals surface area contributed by atoms with Crippen molar-refractivity contribution in [2.75, 3.05) is 0 Å². The SMILES string of the molecule is C#C[C@H](CC(N)=O)NC(=O)[C@@H]1c2ccccc2CN1C(=O)C1(c2ccc(Cl)cc2)CC(C)C1. The van der Waals surface area contributed by atoms with Crippen molar-refractivity contribution in [3.63, 3.8) is 0 Å². The number of rotatable bonds is 6. The molecule has 3 amide bonds. The van der Waals surface area contributed by atoms with E-state index < -0.39 is 29.3 Å². The first kappa shape index (κ1) is 22.9. The summed E-state index contributed by atoms with van der Waals surface area (Å²) < 4.78 is 0. The largest absolute Gasteiger partial charge is 0.370 e. The van der Waals surface area contributed by atoms with Crippen molar-refractivity contribution in [1.29, 1.82) is 0 Å². The number of benzene rings is 2. The highest BCUT2D eigenvalue weighted by molar-refractivity contribution is 6.30. The van der Waals surface area contributed by atoms with Crippen LogP contribution < -0.4 is 11.1 Å². The number of carbonyl (C=O) groups is 3. The maximum absolute atomic E-state index is 14.1. The highest BCUT2D eigenvalue weighted by Crippen LogP contribution is 2.51. The predicted octanol–water partition coefficient (Wildman–Crippen LogP) is 3.08. The number of amides is 3. The molecule has 170 valence electrons. The topological polar surface area (TPSA) is 92.5 Å². The van der Waals surface area contributed by atoms with E-state index in [0.29, 0.717) is 30.3 Å². The van der Waals surface area contributed by atoms with Gasteiger partial charge in [-0.25, -0.2) is 0 Å². The van der Waals surface area contributed by atoms with E-state index in [9.17, 15) is 14.4 Å². The minimum atomic E-state index is -0.839. The monoisotopic (exact) mass is 463 g/mol. The van der Waals surface area contributed by atoms with Gasteiger partial charge in [-0.3, -0.25) is 14.4 Å². The minimum absolute atomic E-state index is 0.0913. The minimum Gasteiger partial charge on any atom is -0.370 e. The van der Waals surface area contributed by atoms with Crippen LogP contribution in [0.15, 0.2) is 48.5 Å². The second-order valence-electron chi connectivity index (χ2n) is 9.04. The molecule has 2 aromatic rings. The summed E-state index contributed by atoms with van der Waals surface area (Å²) >= 11 is 6.08. The molecule has 2 aliphatic rings. The van der Waals surface area contributed by atoms with Gasteiger partial charge in [-0.05, 0) is 47.6 Å². The van der Waals surface area contributed by atoms with Crippen LogP contribution in [0, 0.1) is 18.3 Å². The van der Waals surface area contributed by atoms with Gasteiger partial charge >= 0.3 is 0 Å². The third kappa shape index (κ3) is 4.21. The van der Waals surface area contributed by atoms with Crippen LogP contribution in [0.4, 0.5) is 0 Å². The van der Waals surface area contributed by atoms with Crippen molar-refractivity contribution >= 4 is 29.3 Å². The summed E-state index contributed by atoms with van der Waals surface area (Å²) in [5, 5.41) is 3.33. The Morgan fingerprint density at radius 2 is 1.88 bits per heavy atom. The second-order valence-corrected chi connectivity index (χ2v) is 9.47. The molecule has 0 radical (unpaired) electrons. The number of hydrogen-bond acceptors (Lipinski definition) is 3. The lowest BCUT2D eigenvalue weighted by Crippen LogP contribution is -2.55. The Balaban J connectivity index is 1.68. The Kier molecular flexibility index (Phi) is 6.18. The van der Waals surface area contributed by atoms with Gasteiger partial charge in [0.05, 0.1) is 17.9 Å². The van der Waals surface area contributed by atoms with E-state index in [1.165, 1.54) is 0 Å². The molecule has 1 aliphatic carbocycles. The molecule has 2 atom stereocenters. The van der Waals surface area contributed by atoms with E-state index in [1.54, 1.807) is 17.0 Å². The van der Waals surface area contributed by atoms with Crippen molar-refractivity contribution in [3.05, 3.63) is 70.2 Å². The van der Waals surface area contributed by atoms with Crippen LogP contribution in [0.2, 0.25) is 5.02 Å². The molecule has 1 saturated carbocycles. The van der Waals surface area contributed by atoms with Gasteiger partial charge in [-0.2, -0.15) is 0 Å². The van der Waals surface area contributed by atoms with Gasteiger partial charge in [-0.1, -0.05) is 60.8 Å². The van der Waals surface area contributed by atoms with Crippen molar-refractivity contribution in [3.8, 4) is 12.3 Å². The van der Waals surface area contributed by atoms with E-state index in [1.807, 2.05) is 36.4 Å². The summed E-state index contributed by atoms with van der Waals surface area (Å²) in [7, 11) is 0. The van der Waals surface area contributed by atoms with Crippen molar-refractivity contribution in [2.24, 2.45) is 11.7 Å². The third-order valence-electron chi connectivity index (χ3n) is 6.63. The molecule has 0 bridgehead atoms. The Labute approximate surface area is 198 Å². The Bertz CT molecular complexity index is 1130. The summed E-state index contributed by atoms with van der Waals surface area (Å²) in [6.45, 7) is 2.44. The number of primary amides is 1. The summed E-state index contributed by atoms with van der Waals surface area (Å²) in [4.78, 5) is 40.4. The highest BCUT2D eigenvalue weighted by Gasteiger charge is 2.54. The van der Waals surface area contributed by atoms with E-state index in [2.05, 4.69) is 18.2 Å². The molecule has 2 aromatic carbocycles. The number of halogens is 1. The lowest BCUT2D eigenvalue weighted by atomic mass is 9.58. The standard InChI is InChI=1S/C26H26ClN3O3/c1-3-20(12-22(28)31)29-24(32)23-21-7-5-4-6-17(21)15-30(23)25(33)26(13-16(2)14-26)18-8-10-19(27)11-9-18/h1,4-11,16,20,23H,12-15H2,2H3,(H2,28,31)(H,29,32)/t16?,20-,23+,26?/m1/s1. The second kappa shape index (κ2) is 8.92. The Hall–Kier alpha value is -3.30. The van der Waals surface area contributed by atoms with Gasteiger partial charge in [0.1, 0.15) is 6.04 Å². The fourth-order valence-corrected chi connectivity index (χ4v) is 5.30. The molecule has 4 rings (SSSR count). The van der Waals surface area contributed by atoms with Crippen LogP contribution in [0.25, 0.3) is 0 Å². The molecule has 0 aromatic heterocycles. The van der Waals surface area contributed by atoms with E-state index in [0.717, 1.165) is 16.7 Å². The molecular formula is C26H26ClN3O3. The maximum atomic E-state index is 14.1. The van der Waals surface area contributed by atoms with Crippen LogP contribution in [0.5, 0.6) is 0 Å². The summed E-state index contributed by atoms with van der Waals surface area (Å²) in [6.07, 6.45) is 6.72. The van der Waals surface area contributed by atoms with Gasteiger partial charge in [0, 0.05) is 11.6 Å². The van der Waals surface area contributed by atoms with Crippen molar-refractivity contribution in [1.82, 2.24) is 10.2 Å². The molecule has 7 heteroatoms. The quantitative estimate of drug-likeness (QED) is 0.645. The van der Waals surface area contributed by atoms with E-state index in [4.69, 9.17) is 23.8 Å². The normalized spacial score (nSPS) is 24.2. The molecule has 3 N–H and O–H groups in total. The van der Waals surface area contributed by atoms with Crippen LogP contribution >= 0.6 is 11.6 Å². The number of carbonyl (C=O) groups excluding carboxylic acids is 3. The average Bonchev–Trinajstić information content (AvgIpc) is 3.15. The Morgan fingerprint density at radius 3 is 2.48 bits per heavy atom. The van der Waals surface area contributed by atoms with Crippen LogP contribution in [-0.2, 0) is 26.3 Å². The number of hydrogen-bond donors (Lipinski definition) is 2. The zero-order valence-electron chi connectivity index (χ0n) is 18.4. The van der Waals surface area contributed by atoms with Crippen molar-refractivity contribution in [2.45, 2.75) is 50.2 Å². The van der Waals surface area contributed by atoms with Gasteiger partial charge < -0.3 is 16.0 Å². The zero-order chi connectivity index (χ0) is 23.8.